The number of hydrogen-bond acceptors (Lipinski definition) is 5. The first kappa shape index (κ1) is 20.4. The lowest BCUT2D eigenvalue weighted by Crippen LogP contribution is -2.22. The number of amides is 1. The van der Waals surface area contributed by atoms with Crippen molar-refractivity contribution in [3.8, 4) is 0 Å². The summed E-state index contributed by atoms with van der Waals surface area (Å²) >= 11 is 0. The smallest absolute Gasteiger partial charge is 0.387 e. The van der Waals surface area contributed by atoms with Crippen LogP contribution in [0.4, 0.5) is 35.9 Å². The Hall–Kier alpha value is -3.30. The van der Waals surface area contributed by atoms with Crippen LogP contribution in [0.15, 0.2) is 36.4 Å². The highest BCUT2D eigenvalue weighted by molar-refractivity contribution is 6.09. The van der Waals surface area contributed by atoms with Crippen LogP contribution in [0.2, 0.25) is 0 Å². The summed E-state index contributed by atoms with van der Waals surface area (Å²) in [5, 5.41) is 16.3. The number of nitro groups is 1. The predicted molar refractivity (Wildman–Crippen MR) is 103 cm³/mol. The molecule has 10 heteroatoms. The van der Waals surface area contributed by atoms with Gasteiger partial charge in [-0.05, 0) is 37.1 Å². The molecule has 0 saturated carbocycles. The SMILES string of the molecule is CNc1ccc([N+](=O)[O-])cc1C(=O)Nc1cc(C(F)(F)F)ccc1N1CCCC1. The molecule has 0 radical (unpaired) electrons. The third-order valence-electron chi connectivity index (χ3n) is 4.75. The minimum Gasteiger partial charge on any atom is -0.387 e. The molecule has 154 valence electrons. The van der Waals surface area contributed by atoms with Gasteiger partial charge in [0.05, 0.1) is 27.4 Å². The number of rotatable bonds is 5. The van der Waals surface area contributed by atoms with Crippen LogP contribution in [0.1, 0.15) is 28.8 Å². The second kappa shape index (κ2) is 7.98. The number of benzene rings is 2. The molecule has 2 aromatic carbocycles. The lowest BCUT2D eigenvalue weighted by Gasteiger charge is -2.23. The predicted octanol–water partition coefficient (Wildman–Crippen LogP) is 4.51. The van der Waals surface area contributed by atoms with Gasteiger partial charge in [-0.25, -0.2) is 0 Å². The van der Waals surface area contributed by atoms with E-state index in [1.54, 1.807) is 0 Å². The number of non-ortho nitro benzene ring substituents is 1. The zero-order chi connectivity index (χ0) is 21.2. The lowest BCUT2D eigenvalue weighted by atomic mass is 10.1. The molecule has 1 aliphatic heterocycles. The summed E-state index contributed by atoms with van der Waals surface area (Å²) in [6, 6.07) is 6.92. The van der Waals surface area contributed by atoms with Crippen molar-refractivity contribution in [3.63, 3.8) is 0 Å². The van der Waals surface area contributed by atoms with E-state index in [9.17, 15) is 28.1 Å². The Kier molecular flexibility index (Phi) is 5.62. The fourth-order valence-corrected chi connectivity index (χ4v) is 3.29. The molecule has 1 amide bonds. The lowest BCUT2D eigenvalue weighted by molar-refractivity contribution is -0.384. The number of carbonyl (C=O) groups is 1. The van der Waals surface area contributed by atoms with E-state index < -0.39 is 22.6 Å². The Morgan fingerprint density at radius 2 is 1.79 bits per heavy atom. The normalized spacial score (nSPS) is 14.0. The van der Waals surface area contributed by atoms with Gasteiger partial charge < -0.3 is 15.5 Å². The van der Waals surface area contributed by atoms with Crippen molar-refractivity contribution in [2.75, 3.05) is 35.7 Å². The highest BCUT2D eigenvalue weighted by atomic mass is 19.4. The van der Waals surface area contributed by atoms with Crippen LogP contribution in [0.25, 0.3) is 0 Å². The minimum atomic E-state index is -4.56. The topological polar surface area (TPSA) is 87.5 Å². The van der Waals surface area contributed by atoms with Gasteiger partial charge in [0.15, 0.2) is 0 Å². The summed E-state index contributed by atoms with van der Waals surface area (Å²) in [5.41, 5.74) is -0.392. The molecule has 0 unspecified atom stereocenters. The van der Waals surface area contributed by atoms with Crippen LogP contribution in [-0.2, 0) is 6.18 Å². The van der Waals surface area contributed by atoms with Gasteiger partial charge in [0.1, 0.15) is 0 Å². The molecule has 0 aliphatic carbocycles. The zero-order valence-corrected chi connectivity index (χ0v) is 15.5. The van der Waals surface area contributed by atoms with Crippen molar-refractivity contribution in [2.45, 2.75) is 19.0 Å². The maximum Gasteiger partial charge on any atom is 0.416 e. The number of nitro benzene ring substituents is 1. The number of alkyl halides is 3. The standard InChI is InChI=1S/C19H19F3N4O3/c1-23-15-6-5-13(26(28)29)11-14(15)18(27)24-16-10-12(19(20,21)22)4-7-17(16)25-8-2-3-9-25/h4-7,10-11,23H,2-3,8-9H2,1H3,(H,24,27). The van der Waals surface area contributed by atoms with Crippen LogP contribution in [0, 0.1) is 10.1 Å². The number of hydrogen-bond donors (Lipinski definition) is 2. The quantitative estimate of drug-likeness (QED) is 0.562. The maximum atomic E-state index is 13.2. The van der Waals surface area contributed by atoms with Crippen LogP contribution in [0.3, 0.4) is 0 Å². The first-order valence-corrected chi connectivity index (χ1v) is 8.94. The van der Waals surface area contributed by atoms with Gasteiger partial charge in [-0.3, -0.25) is 14.9 Å². The second-order valence-electron chi connectivity index (χ2n) is 6.61. The van der Waals surface area contributed by atoms with Gasteiger partial charge in [-0.15, -0.1) is 0 Å². The van der Waals surface area contributed by atoms with E-state index in [1.807, 2.05) is 4.90 Å². The highest BCUT2D eigenvalue weighted by Crippen LogP contribution is 2.37. The Bertz CT molecular complexity index is 941. The third kappa shape index (κ3) is 4.41. The molecular weight excluding hydrogens is 389 g/mol. The molecule has 1 fully saturated rings. The Balaban J connectivity index is 2.01. The van der Waals surface area contributed by atoms with E-state index in [4.69, 9.17) is 0 Å². The molecule has 7 nitrogen and oxygen atoms in total. The van der Waals surface area contributed by atoms with Gasteiger partial charge >= 0.3 is 6.18 Å². The molecule has 29 heavy (non-hydrogen) atoms. The van der Waals surface area contributed by atoms with Crippen molar-refractivity contribution in [1.29, 1.82) is 0 Å². The molecule has 0 bridgehead atoms. The summed E-state index contributed by atoms with van der Waals surface area (Å²) in [7, 11) is 1.54. The minimum absolute atomic E-state index is 0.0142. The molecule has 1 saturated heterocycles. The van der Waals surface area contributed by atoms with Gasteiger partial charge in [0, 0.05) is 38.0 Å². The first-order valence-electron chi connectivity index (χ1n) is 8.94. The van der Waals surface area contributed by atoms with Gasteiger partial charge in [-0.1, -0.05) is 0 Å². The summed E-state index contributed by atoms with van der Waals surface area (Å²) < 4.78 is 39.6. The van der Waals surface area contributed by atoms with Crippen molar-refractivity contribution >= 4 is 28.7 Å². The highest BCUT2D eigenvalue weighted by Gasteiger charge is 2.32. The van der Waals surface area contributed by atoms with Crippen molar-refractivity contribution in [2.24, 2.45) is 0 Å². The molecule has 0 spiro atoms. The van der Waals surface area contributed by atoms with Gasteiger partial charge in [0.2, 0.25) is 0 Å². The van der Waals surface area contributed by atoms with E-state index in [-0.39, 0.29) is 16.9 Å². The van der Waals surface area contributed by atoms with E-state index in [2.05, 4.69) is 10.6 Å². The fourth-order valence-electron chi connectivity index (χ4n) is 3.29. The summed E-state index contributed by atoms with van der Waals surface area (Å²) in [6.45, 7) is 1.35. The molecule has 1 heterocycles. The molecule has 1 aliphatic rings. The summed E-state index contributed by atoms with van der Waals surface area (Å²) in [4.78, 5) is 25.1. The van der Waals surface area contributed by atoms with E-state index in [1.165, 1.54) is 25.2 Å². The largest absolute Gasteiger partial charge is 0.416 e. The Morgan fingerprint density at radius 3 is 2.38 bits per heavy atom. The molecule has 3 rings (SSSR count). The summed E-state index contributed by atoms with van der Waals surface area (Å²) in [6.07, 6.45) is -2.75. The first-order chi connectivity index (χ1) is 13.7. The van der Waals surface area contributed by atoms with Crippen molar-refractivity contribution in [1.82, 2.24) is 0 Å². The average Bonchev–Trinajstić information content (AvgIpc) is 3.21. The Labute approximate surface area is 164 Å². The number of carbonyl (C=O) groups excluding carboxylic acids is 1. The molecule has 0 aromatic heterocycles. The monoisotopic (exact) mass is 408 g/mol. The van der Waals surface area contributed by atoms with Crippen LogP contribution in [0.5, 0.6) is 0 Å². The van der Waals surface area contributed by atoms with Crippen molar-refractivity contribution < 1.29 is 22.9 Å². The maximum absolute atomic E-state index is 13.2. The second-order valence-corrected chi connectivity index (χ2v) is 6.61. The number of nitrogens with zero attached hydrogens (tertiary/aromatic N) is 2. The van der Waals surface area contributed by atoms with Crippen LogP contribution < -0.4 is 15.5 Å². The fraction of sp³-hybridized carbons (Fsp3) is 0.316. The number of nitrogens with one attached hydrogen (secondary N) is 2. The van der Waals surface area contributed by atoms with E-state index in [0.717, 1.165) is 31.0 Å². The zero-order valence-electron chi connectivity index (χ0n) is 15.5. The summed E-state index contributed by atoms with van der Waals surface area (Å²) in [5.74, 6) is -0.738. The molecular formula is C19H19F3N4O3. The number of anilines is 3. The number of halogens is 3. The van der Waals surface area contributed by atoms with E-state index >= 15 is 0 Å². The average molecular weight is 408 g/mol. The Morgan fingerprint density at radius 1 is 1.10 bits per heavy atom. The van der Waals surface area contributed by atoms with Gasteiger partial charge in [-0.2, -0.15) is 13.2 Å². The van der Waals surface area contributed by atoms with Crippen molar-refractivity contribution in [3.05, 3.63) is 57.6 Å². The van der Waals surface area contributed by atoms with Crippen LogP contribution in [-0.4, -0.2) is 31.0 Å². The van der Waals surface area contributed by atoms with Gasteiger partial charge in [0.25, 0.3) is 11.6 Å². The molecule has 0 atom stereocenters. The third-order valence-corrected chi connectivity index (χ3v) is 4.75. The van der Waals surface area contributed by atoms with Crippen LogP contribution >= 0.6 is 0 Å². The van der Waals surface area contributed by atoms with E-state index in [0.29, 0.717) is 24.5 Å². The molecule has 2 N–H and O–H groups in total. The molecule has 2 aromatic rings.